The lowest BCUT2D eigenvalue weighted by Gasteiger charge is -2.32. The number of likely N-dealkylation sites (tertiary alicyclic amines) is 1. The van der Waals surface area contributed by atoms with Crippen molar-refractivity contribution in [3.05, 3.63) is 66.6 Å². The molecule has 4 aromatic rings. The number of hydrogen-bond donors (Lipinski definition) is 0. The SMILES string of the molecule is O=C(c1ccc2nccnc2c1)N1CCC(Oc2cccc3c2ccn3CC(F)F)CC1. The molecule has 32 heavy (non-hydrogen) atoms. The van der Waals surface area contributed by atoms with E-state index in [0.29, 0.717) is 42.8 Å². The van der Waals surface area contributed by atoms with Gasteiger partial charge in [0.25, 0.3) is 12.3 Å². The van der Waals surface area contributed by atoms with Gasteiger partial charge >= 0.3 is 0 Å². The number of piperidine rings is 1. The molecular weight excluding hydrogens is 414 g/mol. The van der Waals surface area contributed by atoms with E-state index in [1.54, 1.807) is 35.3 Å². The Morgan fingerprint density at radius 2 is 1.84 bits per heavy atom. The lowest BCUT2D eigenvalue weighted by atomic mass is 10.1. The topological polar surface area (TPSA) is 60.3 Å². The second-order valence-corrected chi connectivity index (χ2v) is 7.92. The molecule has 5 rings (SSSR count). The second-order valence-electron chi connectivity index (χ2n) is 7.92. The highest BCUT2D eigenvalue weighted by atomic mass is 19.3. The first-order chi connectivity index (χ1) is 15.6. The molecule has 0 aliphatic carbocycles. The number of aromatic nitrogens is 3. The zero-order valence-electron chi connectivity index (χ0n) is 17.3. The lowest BCUT2D eigenvalue weighted by molar-refractivity contribution is 0.0598. The summed E-state index contributed by atoms with van der Waals surface area (Å²) < 4.78 is 33.4. The van der Waals surface area contributed by atoms with E-state index in [2.05, 4.69) is 9.97 Å². The maximum atomic E-state index is 12.9. The predicted octanol–water partition coefficient (Wildman–Crippen LogP) is 4.53. The van der Waals surface area contributed by atoms with Gasteiger partial charge < -0.3 is 14.2 Å². The fourth-order valence-corrected chi connectivity index (χ4v) is 4.24. The van der Waals surface area contributed by atoms with Gasteiger partial charge in [0.05, 0.1) is 23.1 Å². The van der Waals surface area contributed by atoms with E-state index in [1.165, 1.54) is 0 Å². The van der Waals surface area contributed by atoms with Gasteiger partial charge in [-0.15, -0.1) is 0 Å². The molecule has 2 aromatic heterocycles. The van der Waals surface area contributed by atoms with E-state index < -0.39 is 6.43 Å². The lowest BCUT2D eigenvalue weighted by Crippen LogP contribution is -2.41. The molecule has 2 aromatic carbocycles. The Kier molecular flexibility index (Phi) is 5.43. The van der Waals surface area contributed by atoms with E-state index in [0.717, 1.165) is 16.4 Å². The molecule has 164 valence electrons. The van der Waals surface area contributed by atoms with Crippen LogP contribution < -0.4 is 4.74 Å². The van der Waals surface area contributed by atoms with Gasteiger partial charge in [0, 0.05) is 55.5 Å². The minimum atomic E-state index is -2.41. The number of halogens is 2. The third kappa shape index (κ3) is 4.00. The first-order valence-corrected chi connectivity index (χ1v) is 10.6. The summed E-state index contributed by atoms with van der Waals surface area (Å²) >= 11 is 0. The van der Waals surface area contributed by atoms with Gasteiger partial charge in [-0.1, -0.05) is 6.07 Å². The largest absolute Gasteiger partial charge is 0.490 e. The van der Waals surface area contributed by atoms with Crippen LogP contribution in [0.4, 0.5) is 8.78 Å². The van der Waals surface area contributed by atoms with Crippen molar-refractivity contribution < 1.29 is 18.3 Å². The van der Waals surface area contributed by atoms with Crippen molar-refractivity contribution in [1.82, 2.24) is 19.4 Å². The zero-order chi connectivity index (χ0) is 22.1. The Bertz CT molecular complexity index is 1270. The van der Waals surface area contributed by atoms with E-state index in [-0.39, 0.29) is 18.6 Å². The minimum absolute atomic E-state index is 0.0258. The maximum Gasteiger partial charge on any atom is 0.256 e. The normalized spacial score (nSPS) is 15.0. The fraction of sp³-hybridized carbons (Fsp3) is 0.292. The molecule has 1 fully saturated rings. The van der Waals surface area contributed by atoms with Crippen LogP contribution in [-0.2, 0) is 6.54 Å². The molecule has 1 aliphatic heterocycles. The molecule has 0 bridgehead atoms. The summed E-state index contributed by atoms with van der Waals surface area (Å²) in [7, 11) is 0. The number of nitrogens with zero attached hydrogens (tertiary/aromatic N) is 4. The number of amides is 1. The van der Waals surface area contributed by atoms with Crippen molar-refractivity contribution in [1.29, 1.82) is 0 Å². The van der Waals surface area contributed by atoms with Crippen LogP contribution in [0, 0.1) is 0 Å². The summed E-state index contributed by atoms with van der Waals surface area (Å²) in [6.45, 7) is 0.836. The highest BCUT2D eigenvalue weighted by Gasteiger charge is 2.25. The van der Waals surface area contributed by atoms with Crippen molar-refractivity contribution in [3.8, 4) is 5.75 Å². The van der Waals surface area contributed by atoms with Gasteiger partial charge in [-0.05, 0) is 36.4 Å². The van der Waals surface area contributed by atoms with Gasteiger partial charge in [0.2, 0.25) is 0 Å². The number of carbonyl (C=O) groups is 1. The average Bonchev–Trinajstić information content (AvgIpc) is 3.22. The number of benzene rings is 2. The number of ether oxygens (including phenoxy) is 1. The molecule has 0 saturated carbocycles. The minimum Gasteiger partial charge on any atom is -0.490 e. The summed E-state index contributed by atoms with van der Waals surface area (Å²) in [6, 6.07) is 12.7. The Hall–Kier alpha value is -3.55. The van der Waals surface area contributed by atoms with E-state index in [4.69, 9.17) is 4.74 Å². The van der Waals surface area contributed by atoms with Crippen LogP contribution in [0.3, 0.4) is 0 Å². The first kappa shape index (κ1) is 20.4. The van der Waals surface area contributed by atoms with E-state index in [9.17, 15) is 13.6 Å². The molecule has 1 saturated heterocycles. The van der Waals surface area contributed by atoms with Crippen LogP contribution in [0.25, 0.3) is 21.9 Å². The average molecular weight is 436 g/mol. The number of hydrogen-bond acceptors (Lipinski definition) is 4. The highest BCUT2D eigenvalue weighted by Crippen LogP contribution is 2.30. The molecule has 0 radical (unpaired) electrons. The first-order valence-electron chi connectivity index (χ1n) is 10.6. The molecule has 1 amide bonds. The third-order valence-electron chi connectivity index (χ3n) is 5.85. The molecule has 0 spiro atoms. The summed E-state index contributed by atoms with van der Waals surface area (Å²) in [5.74, 6) is 0.663. The zero-order valence-corrected chi connectivity index (χ0v) is 17.3. The van der Waals surface area contributed by atoms with Gasteiger partial charge in [0.1, 0.15) is 11.9 Å². The monoisotopic (exact) mass is 436 g/mol. The quantitative estimate of drug-likeness (QED) is 0.461. The number of fused-ring (bicyclic) bond motifs is 2. The van der Waals surface area contributed by atoms with E-state index >= 15 is 0 Å². The van der Waals surface area contributed by atoms with Crippen molar-refractivity contribution in [3.63, 3.8) is 0 Å². The second kappa shape index (κ2) is 8.53. The van der Waals surface area contributed by atoms with Gasteiger partial charge in [0.15, 0.2) is 0 Å². The van der Waals surface area contributed by atoms with Gasteiger partial charge in [-0.2, -0.15) is 0 Å². The smallest absolute Gasteiger partial charge is 0.256 e. The molecule has 0 N–H and O–H groups in total. The number of alkyl halides is 2. The molecular formula is C24H22F2N4O2. The summed E-state index contributed by atoms with van der Waals surface area (Å²) in [4.78, 5) is 23.3. The molecule has 0 atom stereocenters. The van der Waals surface area contributed by atoms with Crippen LogP contribution in [-0.4, -0.2) is 51.0 Å². The van der Waals surface area contributed by atoms with Crippen molar-refractivity contribution in [2.45, 2.75) is 31.9 Å². The predicted molar refractivity (Wildman–Crippen MR) is 117 cm³/mol. The van der Waals surface area contributed by atoms with Crippen molar-refractivity contribution >= 4 is 27.8 Å². The fourth-order valence-electron chi connectivity index (χ4n) is 4.24. The van der Waals surface area contributed by atoms with E-state index in [1.807, 2.05) is 35.2 Å². The number of carbonyl (C=O) groups excluding carboxylic acids is 1. The van der Waals surface area contributed by atoms with Crippen molar-refractivity contribution in [2.75, 3.05) is 13.1 Å². The van der Waals surface area contributed by atoms with Crippen LogP contribution in [0.15, 0.2) is 61.1 Å². The Morgan fingerprint density at radius 1 is 1.06 bits per heavy atom. The van der Waals surface area contributed by atoms with Crippen LogP contribution >= 0.6 is 0 Å². The summed E-state index contributed by atoms with van der Waals surface area (Å²) in [5.41, 5.74) is 2.79. The molecule has 8 heteroatoms. The summed E-state index contributed by atoms with van der Waals surface area (Å²) in [5, 5.41) is 0.823. The molecule has 0 unspecified atom stereocenters. The number of rotatable bonds is 5. The van der Waals surface area contributed by atoms with Crippen LogP contribution in [0.5, 0.6) is 5.75 Å². The van der Waals surface area contributed by atoms with Gasteiger partial charge in [-0.25, -0.2) is 8.78 Å². The molecule has 3 heterocycles. The molecule has 6 nitrogen and oxygen atoms in total. The Labute approximate surface area is 183 Å². The van der Waals surface area contributed by atoms with Gasteiger partial charge in [-0.3, -0.25) is 14.8 Å². The Balaban J connectivity index is 1.25. The molecule has 1 aliphatic rings. The maximum absolute atomic E-state index is 12.9. The van der Waals surface area contributed by atoms with Crippen LogP contribution in [0.1, 0.15) is 23.2 Å². The highest BCUT2D eigenvalue weighted by molar-refractivity contribution is 5.97. The summed E-state index contributed by atoms with van der Waals surface area (Å²) in [6.07, 6.45) is 3.86. The Morgan fingerprint density at radius 3 is 2.62 bits per heavy atom. The van der Waals surface area contributed by atoms with Crippen molar-refractivity contribution in [2.24, 2.45) is 0 Å². The third-order valence-corrected chi connectivity index (χ3v) is 5.85. The van der Waals surface area contributed by atoms with Crippen LogP contribution in [0.2, 0.25) is 0 Å². The standard InChI is InChI=1S/C24H22F2N4O2/c25-23(26)15-30-13-8-18-21(30)2-1-3-22(18)32-17-6-11-29(12-7-17)24(31)16-4-5-19-20(14-16)28-10-9-27-19/h1-5,8-10,13-14,17,23H,6-7,11-12,15H2.